The Morgan fingerprint density at radius 2 is 2.08 bits per heavy atom. The van der Waals surface area contributed by atoms with Crippen LogP contribution in [0.2, 0.25) is 0 Å². The van der Waals surface area contributed by atoms with E-state index < -0.39 is 27.8 Å². The van der Waals surface area contributed by atoms with Gasteiger partial charge in [-0.05, 0) is 18.9 Å². The molecule has 0 amide bonds. The smallest absolute Gasteiger partial charge is 0.326 e. The first-order valence-electron chi connectivity index (χ1n) is 7.84. The Hall–Kier alpha value is -1.52. The van der Waals surface area contributed by atoms with Crippen LogP contribution in [-0.2, 0) is 15.0 Å². The fraction of sp³-hybridized carbons (Fsp3) is 0.533. The summed E-state index contributed by atoms with van der Waals surface area (Å²) in [6.45, 7) is 3.37. The van der Waals surface area contributed by atoms with Crippen molar-refractivity contribution in [2.24, 2.45) is 5.14 Å². The number of carbonyl (C=O) groups is 1. The molecule has 132 valence electrons. The first-order chi connectivity index (χ1) is 11.2. The van der Waals surface area contributed by atoms with E-state index in [0.29, 0.717) is 13.1 Å². The number of hydrogen-bond donors (Lipinski definition) is 4. The maximum atomic E-state index is 11.6. The maximum Gasteiger partial charge on any atom is 0.326 e. The summed E-state index contributed by atoms with van der Waals surface area (Å²) in [5, 5.41) is 18.0. The van der Waals surface area contributed by atoms with Crippen molar-refractivity contribution in [1.82, 2.24) is 14.9 Å². The molecule has 3 rings (SSSR count). The molecule has 8 nitrogen and oxygen atoms in total. The molecule has 9 heteroatoms. The van der Waals surface area contributed by atoms with Gasteiger partial charge in [0, 0.05) is 31.2 Å². The van der Waals surface area contributed by atoms with E-state index in [1.165, 1.54) is 0 Å². The number of benzene rings is 1. The third-order valence-corrected chi connectivity index (χ3v) is 5.58. The zero-order chi connectivity index (χ0) is 17.5. The first kappa shape index (κ1) is 17.3. The largest absolute Gasteiger partial charge is 0.480 e. The number of rotatable bonds is 5. The summed E-state index contributed by atoms with van der Waals surface area (Å²) >= 11 is 0. The number of nitrogens with one attached hydrogen (secondary N) is 2. The summed E-state index contributed by atoms with van der Waals surface area (Å²) < 4.78 is 24.8. The molecule has 1 aliphatic heterocycles. The van der Waals surface area contributed by atoms with Gasteiger partial charge in [0.05, 0.1) is 0 Å². The minimum atomic E-state index is -4.09. The van der Waals surface area contributed by atoms with Crippen molar-refractivity contribution in [2.75, 3.05) is 13.1 Å². The molecular formula is C15H22N4O4S. The standard InChI is InChI=1S/C15H22N4O4S/c1-10-13(11-5-3-2-4-6-11)17-7-8-19(10)12-9-15(12,14(20)21)18-24(16,22)23/h2-6,10,12-13,17-18H,7-9H2,1H3,(H,20,21)(H2,16,22,23)/t10-,12?,13+,15+/m1/s1. The lowest BCUT2D eigenvalue weighted by molar-refractivity contribution is -0.141. The molecule has 1 aromatic rings. The van der Waals surface area contributed by atoms with Gasteiger partial charge in [-0.25, -0.2) is 5.14 Å². The minimum absolute atomic E-state index is 0.0228. The van der Waals surface area contributed by atoms with Crippen LogP contribution in [0.3, 0.4) is 0 Å². The van der Waals surface area contributed by atoms with Gasteiger partial charge in [-0.3, -0.25) is 9.69 Å². The van der Waals surface area contributed by atoms with Crippen molar-refractivity contribution in [1.29, 1.82) is 0 Å². The molecule has 0 aromatic heterocycles. The van der Waals surface area contributed by atoms with Crippen LogP contribution in [0.1, 0.15) is 24.9 Å². The predicted molar refractivity (Wildman–Crippen MR) is 88.4 cm³/mol. The summed E-state index contributed by atoms with van der Waals surface area (Å²) in [5.41, 5.74) is -0.406. The van der Waals surface area contributed by atoms with Crippen molar-refractivity contribution in [3.63, 3.8) is 0 Å². The molecule has 1 aromatic carbocycles. The van der Waals surface area contributed by atoms with Crippen LogP contribution >= 0.6 is 0 Å². The summed E-state index contributed by atoms with van der Waals surface area (Å²) in [6.07, 6.45) is 0.213. The van der Waals surface area contributed by atoms with Gasteiger partial charge in [0.15, 0.2) is 0 Å². The lowest BCUT2D eigenvalue weighted by Crippen LogP contribution is -2.57. The number of nitrogens with two attached hydrogens (primary N) is 1. The second-order valence-electron chi connectivity index (χ2n) is 6.46. The Morgan fingerprint density at radius 3 is 2.67 bits per heavy atom. The monoisotopic (exact) mass is 354 g/mol. The lowest BCUT2D eigenvalue weighted by atomic mass is 9.96. The molecule has 0 radical (unpaired) electrons. The molecule has 1 saturated carbocycles. The molecular weight excluding hydrogens is 332 g/mol. The van der Waals surface area contributed by atoms with Gasteiger partial charge < -0.3 is 10.4 Å². The van der Waals surface area contributed by atoms with Gasteiger partial charge in [-0.1, -0.05) is 30.3 Å². The fourth-order valence-corrected chi connectivity index (χ4v) is 4.51. The summed E-state index contributed by atoms with van der Waals surface area (Å²) in [6, 6.07) is 9.59. The third-order valence-electron chi connectivity index (χ3n) is 4.93. The average Bonchev–Trinajstić information content (AvgIpc) is 3.21. The van der Waals surface area contributed by atoms with Crippen LogP contribution in [-0.4, -0.2) is 55.1 Å². The number of hydrogen-bond acceptors (Lipinski definition) is 5. The molecule has 1 aliphatic carbocycles. The number of nitrogens with zero attached hydrogens (tertiary/aromatic N) is 1. The summed E-state index contributed by atoms with van der Waals surface area (Å²) in [4.78, 5) is 13.7. The zero-order valence-corrected chi connectivity index (χ0v) is 14.2. The zero-order valence-electron chi connectivity index (χ0n) is 13.3. The molecule has 5 N–H and O–H groups in total. The highest BCUT2D eigenvalue weighted by molar-refractivity contribution is 7.87. The van der Waals surface area contributed by atoms with Crippen molar-refractivity contribution in [3.8, 4) is 0 Å². The van der Waals surface area contributed by atoms with Gasteiger partial charge in [-0.2, -0.15) is 13.1 Å². The highest BCUT2D eigenvalue weighted by atomic mass is 32.2. The Kier molecular flexibility index (Phi) is 4.39. The van der Waals surface area contributed by atoms with E-state index in [2.05, 4.69) is 14.9 Å². The van der Waals surface area contributed by atoms with E-state index in [1.807, 2.05) is 37.3 Å². The second kappa shape index (κ2) is 6.08. The number of piperazine rings is 1. The van der Waals surface area contributed by atoms with E-state index in [0.717, 1.165) is 5.56 Å². The maximum absolute atomic E-state index is 11.6. The highest BCUT2D eigenvalue weighted by Crippen LogP contribution is 2.44. The lowest BCUT2D eigenvalue weighted by Gasteiger charge is -2.41. The van der Waals surface area contributed by atoms with Crippen LogP contribution in [0.4, 0.5) is 0 Å². The van der Waals surface area contributed by atoms with Crippen LogP contribution in [0.25, 0.3) is 0 Å². The highest BCUT2D eigenvalue weighted by Gasteiger charge is 2.65. The topological polar surface area (TPSA) is 125 Å². The van der Waals surface area contributed by atoms with Crippen molar-refractivity contribution < 1.29 is 18.3 Å². The second-order valence-corrected chi connectivity index (χ2v) is 7.76. The Labute approximate surface area is 141 Å². The molecule has 2 aliphatic rings. The van der Waals surface area contributed by atoms with Crippen molar-refractivity contribution >= 4 is 16.2 Å². The van der Waals surface area contributed by atoms with Crippen LogP contribution in [0.15, 0.2) is 30.3 Å². The third kappa shape index (κ3) is 3.17. The number of carboxylic acid groups (broad SMARTS) is 1. The van der Waals surface area contributed by atoms with E-state index in [1.54, 1.807) is 0 Å². The van der Waals surface area contributed by atoms with E-state index in [4.69, 9.17) is 5.14 Å². The van der Waals surface area contributed by atoms with Gasteiger partial charge in [0.2, 0.25) is 0 Å². The molecule has 1 unspecified atom stereocenters. The van der Waals surface area contributed by atoms with Gasteiger partial charge in [0.1, 0.15) is 5.54 Å². The summed E-state index contributed by atoms with van der Waals surface area (Å²) in [7, 11) is -4.09. The minimum Gasteiger partial charge on any atom is -0.480 e. The van der Waals surface area contributed by atoms with E-state index in [-0.39, 0.29) is 18.5 Å². The first-order valence-corrected chi connectivity index (χ1v) is 9.38. The molecule has 24 heavy (non-hydrogen) atoms. The van der Waals surface area contributed by atoms with E-state index in [9.17, 15) is 18.3 Å². The SMILES string of the molecule is C[C@@H]1[C@@H](c2ccccc2)NCCN1C1C[C@@]1(NS(N)(=O)=O)C(=O)O. The number of aliphatic carboxylic acids is 1. The normalized spacial score (nSPS) is 34.0. The van der Waals surface area contributed by atoms with Crippen molar-refractivity contribution in [3.05, 3.63) is 35.9 Å². The quantitative estimate of drug-likeness (QED) is 0.560. The summed E-state index contributed by atoms with van der Waals surface area (Å²) in [5.74, 6) is -1.19. The Morgan fingerprint density at radius 1 is 1.42 bits per heavy atom. The molecule has 0 bridgehead atoms. The molecule has 1 heterocycles. The Bertz CT molecular complexity index is 726. The van der Waals surface area contributed by atoms with Crippen LogP contribution < -0.4 is 15.2 Å². The van der Waals surface area contributed by atoms with Gasteiger partial charge in [-0.15, -0.1) is 0 Å². The molecule has 2 fully saturated rings. The van der Waals surface area contributed by atoms with Crippen LogP contribution in [0.5, 0.6) is 0 Å². The Balaban J connectivity index is 1.81. The molecule has 1 saturated heterocycles. The van der Waals surface area contributed by atoms with Gasteiger partial charge >= 0.3 is 5.97 Å². The predicted octanol–water partition coefficient (Wildman–Crippen LogP) is -0.590. The number of carboxylic acids is 1. The fourth-order valence-electron chi connectivity index (χ4n) is 3.69. The average molecular weight is 354 g/mol. The van der Waals surface area contributed by atoms with Crippen LogP contribution in [0, 0.1) is 0 Å². The van der Waals surface area contributed by atoms with E-state index >= 15 is 0 Å². The van der Waals surface area contributed by atoms with Crippen molar-refractivity contribution in [2.45, 2.75) is 37.0 Å². The van der Waals surface area contributed by atoms with Gasteiger partial charge in [0.25, 0.3) is 10.2 Å². The molecule has 0 spiro atoms. The molecule has 4 atom stereocenters.